The highest BCUT2D eigenvalue weighted by Gasteiger charge is 2.09. The molecular weight excluding hydrogens is 360 g/mol. The number of rotatable bonds is 10. The summed E-state index contributed by atoms with van der Waals surface area (Å²) < 4.78 is 0. The van der Waals surface area contributed by atoms with Crippen LogP contribution >= 0.6 is 0 Å². The third-order valence-electron chi connectivity index (χ3n) is 4.84. The number of pyridine rings is 1. The molecule has 156 valence electrons. The van der Waals surface area contributed by atoms with E-state index in [1.807, 2.05) is 44.2 Å². The van der Waals surface area contributed by atoms with Crippen molar-refractivity contribution in [1.29, 1.82) is 0 Å². The first-order valence-corrected chi connectivity index (χ1v) is 10.6. The second-order valence-electron chi connectivity index (χ2n) is 7.42. The lowest BCUT2D eigenvalue weighted by atomic mass is 10.1. The van der Waals surface area contributed by atoms with Gasteiger partial charge < -0.3 is 10.2 Å². The summed E-state index contributed by atoms with van der Waals surface area (Å²) in [6.45, 7) is 12.0. The molecule has 1 N–H and O–H groups in total. The van der Waals surface area contributed by atoms with Crippen molar-refractivity contribution in [3.63, 3.8) is 0 Å². The molecule has 0 aliphatic heterocycles. The Morgan fingerprint density at radius 2 is 1.62 bits per heavy atom. The fourth-order valence-corrected chi connectivity index (χ4v) is 3.08. The van der Waals surface area contributed by atoms with Crippen LogP contribution in [0, 0.1) is 6.92 Å². The Morgan fingerprint density at radius 3 is 2.14 bits per heavy atom. The summed E-state index contributed by atoms with van der Waals surface area (Å²) in [6.07, 6.45) is 4.72. The van der Waals surface area contributed by atoms with E-state index in [9.17, 15) is 4.79 Å². The van der Waals surface area contributed by atoms with Gasteiger partial charge in [-0.15, -0.1) is 0 Å². The summed E-state index contributed by atoms with van der Waals surface area (Å²) in [5.74, 6) is 1.89. The minimum atomic E-state index is 0.0654. The predicted molar refractivity (Wildman–Crippen MR) is 124 cm³/mol. The zero-order valence-electron chi connectivity index (χ0n) is 18.5. The van der Waals surface area contributed by atoms with Crippen LogP contribution in [0.15, 0.2) is 41.4 Å². The molecule has 0 fully saturated rings. The third-order valence-corrected chi connectivity index (χ3v) is 4.84. The van der Waals surface area contributed by atoms with Crippen LogP contribution in [0.5, 0.6) is 0 Å². The molecule has 0 aliphatic rings. The van der Waals surface area contributed by atoms with Gasteiger partial charge in [0.2, 0.25) is 0 Å². The van der Waals surface area contributed by atoms with E-state index in [2.05, 4.69) is 30.1 Å². The lowest BCUT2D eigenvalue weighted by molar-refractivity contribution is 0.101. The minimum Gasteiger partial charge on any atom is -0.357 e. The Kier molecular flexibility index (Phi) is 8.84. The summed E-state index contributed by atoms with van der Waals surface area (Å²) in [7, 11) is 0. The molecule has 2 rings (SSSR count). The number of nitrogens with zero attached hydrogens (tertiary/aromatic N) is 3. The van der Waals surface area contributed by atoms with Crippen LogP contribution in [-0.2, 0) is 0 Å². The number of amidine groups is 1. The van der Waals surface area contributed by atoms with Crippen molar-refractivity contribution >= 4 is 28.8 Å². The van der Waals surface area contributed by atoms with Crippen molar-refractivity contribution in [2.45, 2.75) is 60.3 Å². The molecule has 0 unspecified atom stereocenters. The molecule has 1 aromatic carbocycles. The molecule has 2 aromatic rings. The SMILES string of the molecule is CCCCN(CCCC)c1ccc(N=C(C)Nc2ccc(C(C)=O)cc2)c(C)n1. The molecule has 0 saturated heterocycles. The predicted octanol–water partition coefficient (Wildman–Crippen LogP) is 6.16. The second kappa shape index (κ2) is 11.3. The van der Waals surface area contributed by atoms with Crippen molar-refractivity contribution in [3.8, 4) is 0 Å². The Hall–Kier alpha value is -2.69. The largest absolute Gasteiger partial charge is 0.357 e. The van der Waals surface area contributed by atoms with Gasteiger partial charge in [0, 0.05) is 24.3 Å². The van der Waals surface area contributed by atoms with Crippen molar-refractivity contribution in [1.82, 2.24) is 4.98 Å². The fourth-order valence-electron chi connectivity index (χ4n) is 3.08. The summed E-state index contributed by atoms with van der Waals surface area (Å²) in [5.41, 5.74) is 3.40. The average molecular weight is 395 g/mol. The first-order valence-electron chi connectivity index (χ1n) is 10.6. The van der Waals surface area contributed by atoms with E-state index >= 15 is 0 Å². The van der Waals surface area contributed by atoms with E-state index in [1.54, 1.807) is 6.92 Å². The van der Waals surface area contributed by atoms with E-state index < -0.39 is 0 Å². The number of carbonyl (C=O) groups excluding carboxylic acids is 1. The maximum Gasteiger partial charge on any atom is 0.159 e. The van der Waals surface area contributed by atoms with E-state index in [0.717, 1.165) is 41.8 Å². The zero-order chi connectivity index (χ0) is 21.2. The number of benzene rings is 1. The lowest BCUT2D eigenvalue weighted by Gasteiger charge is -2.24. The number of hydrogen-bond acceptors (Lipinski definition) is 4. The van der Waals surface area contributed by atoms with E-state index in [0.29, 0.717) is 5.56 Å². The van der Waals surface area contributed by atoms with Crippen LogP contribution in [0.2, 0.25) is 0 Å². The van der Waals surface area contributed by atoms with Crippen LogP contribution in [-0.4, -0.2) is 29.7 Å². The van der Waals surface area contributed by atoms with E-state index in [-0.39, 0.29) is 5.78 Å². The molecule has 0 atom stereocenters. The van der Waals surface area contributed by atoms with Crippen molar-refractivity contribution < 1.29 is 4.79 Å². The molecule has 0 bridgehead atoms. The number of aromatic nitrogens is 1. The van der Waals surface area contributed by atoms with Gasteiger partial charge in [-0.25, -0.2) is 9.98 Å². The summed E-state index contributed by atoms with van der Waals surface area (Å²) in [4.78, 5) is 23.3. The second-order valence-corrected chi connectivity index (χ2v) is 7.42. The van der Waals surface area contributed by atoms with Gasteiger partial charge in [0.1, 0.15) is 11.7 Å². The maximum atomic E-state index is 11.4. The molecule has 29 heavy (non-hydrogen) atoms. The van der Waals surface area contributed by atoms with Gasteiger partial charge in [-0.05, 0) is 70.0 Å². The lowest BCUT2D eigenvalue weighted by Crippen LogP contribution is -2.26. The average Bonchev–Trinajstić information content (AvgIpc) is 2.70. The van der Waals surface area contributed by atoms with Crippen molar-refractivity contribution in [3.05, 3.63) is 47.7 Å². The van der Waals surface area contributed by atoms with Gasteiger partial charge in [0.15, 0.2) is 5.78 Å². The molecule has 5 heteroatoms. The van der Waals surface area contributed by atoms with Gasteiger partial charge >= 0.3 is 0 Å². The molecule has 0 aliphatic carbocycles. The normalized spacial score (nSPS) is 11.4. The molecule has 0 spiro atoms. The number of carbonyl (C=O) groups is 1. The Bertz CT molecular complexity index is 819. The number of nitrogens with one attached hydrogen (secondary N) is 1. The summed E-state index contributed by atoms with van der Waals surface area (Å²) in [5, 5.41) is 3.28. The third kappa shape index (κ3) is 7.00. The van der Waals surface area contributed by atoms with Crippen LogP contribution < -0.4 is 10.2 Å². The van der Waals surface area contributed by atoms with Gasteiger partial charge in [0.05, 0.1) is 11.4 Å². The van der Waals surface area contributed by atoms with Crippen molar-refractivity contribution in [2.24, 2.45) is 4.99 Å². The number of aliphatic imine (C=N–C) groups is 1. The fraction of sp³-hybridized carbons (Fsp3) is 0.458. The number of aryl methyl sites for hydroxylation is 1. The summed E-state index contributed by atoms with van der Waals surface area (Å²) in [6, 6.07) is 11.5. The number of unbranched alkanes of at least 4 members (excludes halogenated alkanes) is 2. The maximum absolute atomic E-state index is 11.4. The quantitative estimate of drug-likeness (QED) is 0.298. The van der Waals surface area contributed by atoms with Crippen LogP contribution in [0.3, 0.4) is 0 Å². The van der Waals surface area contributed by atoms with Gasteiger partial charge in [-0.1, -0.05) is 26.7 Å². The summed E-state index contributed by atoms with van der Waals surface area (Å²) >= 11 is 0. The molecule has 0 radical (unpaired) electrons. The number of Topliss-reactive ketones (excluding diaryl/α,β-unsaturated/α-hetero) is 1. The molecule has 1 aromatic heterocycles. The smallest absolute Gasteiger partial charge is 0.159 e. The first-order chi connectivity index (χ1) is 13.9. The van der Waals surface area contributed by atoms with Crippen LogP contribution in [0.4, 0.5) is 17.2 Å². The monoisotopic (exact) mass is 394 g/mol. The minimum absolute atomic E-state index is 0.0654. The Balaban J connectivity index is 2.12. The van der Waals surface area contributed by atoms with Gasteiger partial charge in [0.25, 0.3) is 0 Å². The van der Waals surface area contributed by atoms with Crippen LogP contribution in [0.25, 0.3) is 0 Å². The van der Waals surface area contributed by atoms with E-state index in [1.165, 1.54) is 25.7 Å². The van der Waals surface area contributed by atoms with Crippen molar-refractivity contribution in [2.75, 3.05) is 23.3 Å². The highest BCUT2D eigenvalue weighted by Crippen LogP contribution is 2.22. The number of anilines is 2. The molecule has 5 nitrogen and oxygen atoms in total. The Morgan fingerprint density at radius 1 is 1.00 bits per heavy atom. The number of hydrogen-bond donors (Lipinski definition) is 1. The van der Waals surface area contributed by atoms with E-state index in [4.69, 9.17) is 9.98 Å². The molecule has 1 heterocycles. The highest BCUT2D eigenvalue weighted by molar-refractivity contribution is 5.97. The molecule has 0 saturated carbocycles. The molecular formula is C24H34N4O. The van der Waals surface area contributed by atoms with Gasteiger partial charge in [-0.2, -0.15) is 0 Å². The van der Waals surface area contributed by atoms with Crippen LogP contribution in [0.1, 0.15) is 69.4 Å². The highest BCUT2D eigenvalue weighted by atomic mass is 16.1. The number of ketones is 1. The standard InChI is InChI=1S/C24H34N4O/c1-6-8-16-28(17-9-7-2)24-15-14-23(18(3)25-24)27-20(5)26-22-12-10-21(11-13-22)19(4)29/h10-15H,6-9,16-17H2,1-5H3,(H,26,27). The molecule has 0 amide bonds. The first kappa shape index (κ1) is 22.6. The zero-order valence-corrected chi connectivity index (χ0v) is 18.5. The Labute approximate surface area is 175 Å². The topological polar surface area (TPSA) is 57.6 Å². The van der Waals surface area contributed by atoms with Gasteiger partial charge in [-0.3, -0.25) is 4.79 Å².